The molecule has 126 valence electrons. The van der Waals surface area contributed by atoms with Gasteiger partial charge in [0.2, 0.25) is 0 Å². The SMILES string of the molecule is COc1ccc(CN/N=C\c2ccc(C)c([N+](=O)[O-])c2)cc1OC. The Bertz CT molecular complexity index is 759. The van der Waals surface area contributed by atoms with Crippen molar-refractivity contribution in [2.24, 2.45) is 5.10 Å². The summed E-state index contributed by atoms with van der Waals surface area (Å²) in [5.41, 5.74) is 5.24. The fourth-order valence-electron chi connectivity index (χ4n) is 2.15. The Labute approximate surface area is 140 Å². The molecular weight excluding hydrogens is 310 g/mol. The third kappa shape index (κ3) is 4.22. The van der Waals surface area contributed by atoms with E-state index >= 15 is 0 Å². The van der Waals surface area contributed by atoms with Gasteiger partial charge in [0, 0.05) is 17.2 Å². The fraction of sp³-hybridized carbons (Fsp3) is 0.235. The van der Waals surface area contributed by atoms with E-state index in [4.69, 9.17) is 9.47 Å². The average molecular weight is 329 g/mol. The highest BCUT2D eigenvalue weighted by molar-refractivity contribution is 5.80. The number of hydrogen-bond donors (Lipinski definition) is 1. The van der Waals surface area contributed by atoms with Crippen molar-refractivity contribution in [3.63, 3.8) is 0 Å². The molecule has 0 fully saturated rings. The number of aryl methyl sites for hydroxylation is 1. The van der Waals surface area contributed by atoms with Gasteiger partial charge in [-0.1, -0.05) is 18.2 Å². The monoisotopic (exact) mass is 329 g/mol. The number of methoxy groups -OCH3 is 2. The van der Waals surface area contributed by atoms with Crippen molar-refractivity contribution in [3.8, 4) is 11.5 Å². The van der Waals surface area contributed by atoms with E-state index in [9.17, 15) is 10.1 Å². The Morgan fingerprint density at radius 1 is 1.17 bits per heavy atom. The predicted molar refractivity (Wildman–Crippen MR) is 91.8 cm³/mol. The van der Waals surface area contributed by atoms with Crippen molar-refractivity contribution in [1.29, 1.82) is 0 Å². The summed E-state index contributed by atoms with van der Waals surface area (Å²) in [6.45, 7) is 2.19. The van der Waals surface area contributed by atoms with Crippen molar-refractivity contribution in [1.82, 2.24) is 5.43 Å². The maximum absolute atomic E-state index is 10.9. The molecule has 0 unspecified atom stereocenters. The van der Waals surface area contributed by atoms with Gasteiger partial charge in [-0.15, -0.1) is 0 Å². The topological polar surface area (TPSA) is 86.0 Å². The van der Waals surface area contributed by atoms with Crippen LogP contribution in [0.5, 0.6) is 11.5 Å². The molecule has 0 spiro atoms. The summed E-state index contributed by atoms with van der Waals surface area (Å²) in [6.07, 6.45) is 1.55. The van der Waals surface area contributed by atoms with E-state index < -0.39 is 4.92 Å². The molecule has 1 N–H and O–H groups in total. The molecule has 0 saturated heterocycles. The summed E-state index contributed by atoms with van der Waals surface area (Å²) in [5.74, 6) is 1.31. The predicted octanol–water partition coefficient (Wildman–Crippen LogP) is 3.04. The van der Waals surface area contributed by atoms with Crippen molar-refractivity contribution in [3.05, 3.63) is 63.2 Å². The quantitative estimate of drug-likeness (QED) is 0.479. The van der Waals surface area contributed by atoms with Gasteiger partial charge in [-0.2, -0.15) is 5.10 Å². The molecule has 0 radical (unpaired) electrons. The average Bonchev–Trinajstić information content (AvgIpc) is 2.59. The maximum Gasteiger partial charge on any atom is 0.272 e. The lowest BCUT2D eigenvalue weighted by Crippen LogP contribution is -2.06. The van der Waals surface area contributed by atoms with Gasteiger partial charge >= 0.3 is 0 Å². The van der Waals surface area contributed by atoms with Crippen LogP contribution in [0.1, 0.15) is 16.7 Å². The number of hydrogen-bond acceptors (Lipinski definition) is 6. The second-order valence-corrected chi connectivity index (χ2v) is 5.09. The van der Waals surface area contributed by atoms with Crippen LogP contribution in [0.15, 0.2) is 41.5 Å². The molecule has 0 heterocycles. The normalized spacial score (nSPS) is 10.6. The Balaban J connectivity index is 2.00. The second kappa shape index (κ2) is 7.96. The van der Waals surface area contributed by atoms with Gasteiger partial charge < -0.3 is 14.9 Å². The number of nitrogens with one attached hydrogen (secondary N) is 1. The first-order valence-corrected chi connectivity index (χ1v) is 7.27. The summed E-state index contributed by atoms with van der Waals surface area (Å²) in [5, 5.41) is 15.0. The van der Waals surface area contributed by atoms with Gasteiger partial charge in [-0.25, -0.2) is 0 Å². The van der Waals surface area contributed by atoms with Gasteiger partial charge in [-0.05, 0) is 24.6 Å². The summed E-state index contributed by atoms with van der Waals surface area (Å²) >= 11 is 0. The molecule has 0 aliphatic heterocycles. The van der Waals surface area contributed by atoms with Crippen molar-refractivity contribution < 1.29 is 14.4 Å². The number of ether oxygens (including phenoxy) is 2. The molecule has 0 atom stereocenters. The molecule has 24 heavy (non-hydrogen) atoms. The molecule has 0 aliphatic rings. The van der Waals surface area contributed by atoms with Crippen LogP contribution in [0.25, 0.3) is 0 Å². The van der Waals surface area contributed by atoms with E-state index in [0.717, 1.165) is 5.56 Å². The Hall–Kier alpha value is -3.09. The van der Waals surface area contributed by atoms with E-state index in [-0.39, 0.29) is 5.69 Å². The highest BCUT2D eigenvalue weighted by atomic mass is 16.6. The minimum atomic E-state index is -0.399. The lowest BCUT2D eigenvalue weighted by atomic mass is 10.1. The molecule has 7 nitrogen and oxygen atoms in total. The largest absolute Gasteiger partial charge is 0.493 e. The lowest BCUT2D eigenvalue weighted by molar-refractivity contribution is -0.385. The molecule has 2 rings (SSSR count). The smallest absolute Gasteiger partial charge is 0.272 e. The highest BCUT2D eigenvalue weighted by Crippen LogP contribution is 2.27. The van der Waals surface area contributed by atoms with Gasteiger partial charge in [0.15, 0.2) is 11.5 Å². The molecule has 0 amide bonds. The molecule has 0 saturated carbocycles. The summed E-state index contributed by atoms with van der Waals surface area (Å²) in [6, 6.07) is 10.6. The third-order valence-corrected chi connectivity index (χ3v) is 3.47. The van der Waals surface area contributed by atoms with Crippen LogP contribution in [-0.4, -0.2) is 25.4 Å². The summed E-state index contributed by atoms with van der Waals surface area (Å²) < 4.78 is 10.4. The van der Waals surface area contributed by atoms with E-state index in [1.807, 2.05) is 18.2 Å². The zero-order chi connectivity index (χ0) is 17.5. The van der Waals surface area contributed by atoms with Gasteiger partial charge in [0.1, 0.15) is 0 Å². The van der Waals surface area contributed by atoms with Crippen LogP contribution in [0.2, 0.25) is 0 Å². The first-order valence-electron chi connectivity index (χ1n) is 7.27. The van der Waals surface area contributed by atoms with Gasteiger partial charge in [-0.3, -0.25) is 10.1 Å². The van der Waals surface area contributed by atoms with Crippen molar-refractivity contribution in [2.75, 3.05) is 14.2 Å². The third-order valence-electron chi connectivity index (χ3n) is 3.47. The van der Waals surface area contributed by atoms with Crippen LogP contribution in [0.4, 0.5) is 5.69 Å². The number of benzene rings is 2. The minimum Gasteiger partial charge on any atom is -0.493 e. The van der Waals surface area contributed by atoms with Gasteiger partial charge in [0.05, 0.1) is 31.9 Å². The molecule has 7 heteroatoms. The molecule has 2 aromatic carbocycles. The Morgan fingerprint density at radius 3 is 2.58 bits per heavy atom. The van der Waals surface area contributed by atoms with Crippen LogP contribution >= 0.6 is 0 Å². The zero-order valence-corrected chi connectivity index (χ0v) is 13.8. The molecular formula is C17H19N3O4. The zero-order valence-electron chi connectivity index (χ0n) is 13.8. The number of nitro benzene ring substituents is 1. The van der Waals surface area contributed by atoms with E-state index in [0.29, 0.717) is 29.2 Å². The second-order valence-electron chi connectivity index (χ2n) is 5.09. The Morgan fingerprint density at radius 2 is 1.92 bits per heavy atom. The van der Waals surface area contributed by atoms with Crippen LogP contribution in [0.3, 0.4) is 0 Å². The fourth-order valence-corrected chi connectivity index (χ4v) is 2.15. The number of nitro groups is 1. The van der Waals surface area contributed by atoms with Crippen LogP contribution in [0, 0.1) is 17.0 Å². The van der Waals surface area contributed by atoms with Crippen molar-refractivity contribution >= 4 is 11.9 Å². The van der Waals surface area contributed by atoms with Crippen molar-refractivity contribution in [2.45, 2.75) is 13.5 Å². The van der Waals surface area contributed by atoms with Crippen LogP contribution < -0.4 is 14.9 Å². The van der Waals surface area contributed by atoms with E-state index in [1.54, 1.807) is 39.5 Å². The van der Waals surface area contributed by atoms with E-state index in [1.165, 1.54) is 6.07 Å². The maximum atomic E-state index is 10.9. The lowest BCUT2D eigenvalue weighted by Gasteiger charge is -2.09. The number of hydrazone groups is 1. The minimum absolute atomic E-state index is 0.0823. The Kier molecular flexibility index (Phi) is 5.73. The first-order chi connectivity index (χ1) is 11.5. The first kappa shape index (κ1) is 17.3. The molecule has 0 aliphatic carbocycles. The molecule has 0 bridgehead atoms. The number of nitrogens with zero attached hydrogens (tertiary/aromatic N) is 2. The van der Waals surface area contributed by atoms with Crippen LogP contribution in [-0.2, 0) is 6.54 Å². The van der Waals surface area contributed by atoms with Gasteiger partial charge in [0.25, 0.3) is 5.69 Å². The highest BCUT2D eigenvalue weighted by Gasteiger charge is 2.09. The van der Waals surface area contributed by atoms with E-state index in [2.05, 4.69) is 10.5 Å². The standard InChI is InChI=1S/C17H19N3O4/c1-12-4-5-13(8-15(12)20(21)22)10-18-19-11-14-6-7-16(23-2)17(9-14)24-3/h4-10,19H,11H2,1-3H3/b18-10-. The summed E-state index contributed by atoms with van der Waals surface area (Å²) in [7, 11) is 3.17. The molecule has 0 aromatic heterocycles. The summed E-state index contributed by atoms with van der Waals surface area (Å²) in [4.78, 5) is 10.5. The number of rotatable bonds is 7. The molecule has 2 aromatic rings.